The summed E-state index contributed by atoms with van der Waals surface area (Å²) < 4.78 is 13.6. The van der Waals surface area contributed by atoms with Crippen LogP contribution in [0.5, 0.6) is 0 Å². The van der Waals surface area contributed by atoms with Gasteiger partial charge < -0.3 is 5.73 Å². The van der Waals surface area contributed by atoms with Crippen molar-refractivity contribution in [3.63, 3.8) is 0 Å². The zero-order chi connectivity index (χ0) is 17.0. The van der Waals surface area contributed by atoms with Gasteiger partial charge in [0.1, 0.15) is 5.82 Å². The molecule has 3 nitrogen and oxygen atoms in total. The summed E-state index contributed by atoms with van der Waals surface area (Å²) in [6.07, 6.45) is 6.42. The summed E-state index contributed by atoms with van der Waals surface area (Å²) in [5.41, 5.74) is 12.0. The highest BCUT2D eigenvalue weighted by Gasteiger charge is 2.20. The lowest BCUT2D eigenvalue weighted by atomic mass is 9.82. The summed E-state index contributed by atoms with van der Waals surface area (Å²) in [5, 5.41) is 11.0. The molecule has 0 saturated carbocycles. The van der Waals surface area contributed by atoms with Gasteiger partial charge in [-0.3, -0.25) is 5.10 Å². The van der Waals surface area contributed by atoms with Crippen LogP contribution in [0.2, 0.25) is 0 Å². The number of H-pyrrole nitrogens is 1. The summed E-state index contributed by atoms with van der Waals surface area (Å²) in [6.45, 7) is 0. The molecule has 0 atom stereocenters. The van der Waals surface area contributed by atoms with E-state index in [1.54, 1.807) is 6.07 Å². The van der Waals surface area contributed by atoms with E-state index in [1.165, 1.54) is 51.8 Å². The van der Waals surface area contributed by atoms with Gasteiger partial charge in [-0.05, 0) is 83.0 Å². The summed E-state index contributed by atoms with van der Waals surface area (Å²) in [5.74, 6) is -0.362. The molecule has 1 heterocycles. The number of rotatable bonds is 1. The fraction of sp³-hybridized carbons (Fsp3) is 0.190. The third kappa shape index (κ3) is 2.14. The quantitative estimate of drug-likeness (QED) is 0.483. The molecule has 0 spiro atoms. The summed E-state index contributed by atoms with van der Waals surface area (Å²) in [4.78, 5) is 0. The normalized spacial score (nSPS) is 14.1. The number of aromatic nitrogens is 2. The van der Waals surface area contributed by atoms with Crippen LogP contribution in [-0.4, -0.2) is 10.2 Å². The van der Waals surface area contributed by atoms with E-state index in [2.05, 4.69) is 28.4 Å². The molecule has 0 amide bonds. The molecule has 1 aliphatic rings. The van der Waals surface area contributed by atoms with Crippen molar-refractivity contribution in [1.82, 2.24) is 10.2 Å². The van der Waals surface area contributed by atoms with Gasteiger partial charge in [-0.15, -0.1) is 0 Å². The molecule has 3 aromatic carbocycles. The van der Waals surface area contributed by atoms with Gasteiger partial charge in [0.05, 0.1) is 17.4 Å². The Morgan fingerprint density at radius 2 is 1.84 bits per heavy atom. The Morgan fingerprint density at radius 1 is 1.00 bits per heavy atom. The number of nitrogens with two attached hydrogens (primary N) is 1. The molecule has 0 bridgehead atoms. The molecule has 1 aliphatic carbocycles. The van der Waals surface area contributed by atoms with Gasteiger partial charge >= 0.3 is 0 Å². The van der Waals surface area contributed by atoms with Crippen LogP contribution in [0.1, 0.15) is 24.0 Å². The molecule has 5 rings (SSSR count). The molecule has 0 aliphatic heterocycles. The molecule has 25 heavy (non-hydrogen) atoms. The number of nitrogens with one attached hydrogen (secondary N) is 1. The Balaban J connectivity index is 1.88. The predicted octanol–water partition coefficient (Wildman–Crippen LogP) is 4.98. The number of hydrogen-bond acceptors (Lipinski definition) is 2. The topological polar surface area (TPSA) is 54.7 Å². The van der Waals surface area contributed by atoms with Crippen LogP contribution in [-0.2, 0) is 12.8 Å². The van der Waals surface area contributed by atoms with Gasteiger partial charge in [0.15, 0.2) is 0 Å². The zero-order valence-electron chi connectivity index (χ0n) is 13.8. The summed E-state index contributed by atoms with van der Waals surface area (Å²) in [7, 11) is 0. The third-order valence-corrected chi connectivity index (χ3v) is 5.36. The van der Waals surface area contributed by atoms with E-state index in [-0.39, 0.29) is 11.5 Å². The Morgan fingerprint density at radius 3 is 2.68 bits per heavy atom. The molecule has 0 unspecified atom stereocenters. The molecule has 0 saturated heterocycles. The lowest BCUT2D eigenvalue weighted by Gasteiger charge is -2.23. The van der Waals surface area contributed by atoms with E-state index < -0.39 is 0 Å². The van der Waals surface area contributed by atoms with E-state index in [0.717, 1.165) is 23.9 Å². The monoisotopic (exact) mass is 331 g/mol. The molecule has 0 radical (unpaired) electrons. The van der Waals surface area contributed by atoms with Crippen molar-refractivity contribution in [3.8, 4) is 11.1 Å². The number of benzene rings is 3. The van der Waals surface area contributed by atoms with Gasteiger partial charge in [-0.2, -0.15) is 5.10 Å². The first-order valence-electron chi connectivity index (χ1n) is 8.68. The van der Waals surface area contributed by atoms with Gasteiger partial charge in [0.25, 0.3) is 0 Å². The van der Waals surface area contributed by atoms with Crippen molar-refractivity contribution >= 4 is 27.4 Å². The fourth-order valence-electron chi connectivity index (χ4n) is 4.18. The van der Waals surface area contributed by atoms with Crippen molar-refractivity contribution in [3.05, 3.63) is 59.5 Å². The molecular formula is C21H18FN3. The maximum absolute atomic E-state index is 13.6. The Bertz CT molecular complexity index is 1130. The number of nitrogens with zero attached hydrogens (tertiary/aromatic N) is 1. The molecule has 1 aromatic heterocycles. The maximum Gasteiger partial charge on any atom is 0.146 e. The maximum atomic E-state index is 13.6. The SMILES string of the molecule is Nc1cc(-c2cc3ccc4[nH]ncc4c3c3c2CCCC3)ccc1F. The van der Waals surface area contributed by atoms with Crippen LogP contribution in [0.4, 0.5) is 10.1 Å². The van der Waals surface area contributed by atoms with E-state index >= 15 is 0 Å². The minimum absolute atomic E-state index is 0.201. The van der Waals surface area contributed by atoms with E-state index in [4.69, 9.17) is 5.73 Å². The first-order chi connectivity index (χ1) is 12.2. The Hall–Kier alpha value is -2.88. The second-order valence-electron chi connectivity index (χ2n) is 6.82. The van der Waals surface area contributed by atoms with Crippen LogP contribution >= 0.6 is 0 Å². The van der Waals surface area contributed by atoms with Crippen molar-refractivity contribution in [1.29, 1.82) is 0 Å². The highest BCUT2D eigenvalue weighted by Crippen LogP contribution is 2.40. The Labute approximate surface area is 144 Å². The number of aromatic amines is 1. The van der Waals surface area contributed by atoms with Crippen molar-refractivity contribution in [2.75, 3.05) is 5.73 Å². The van der Waals surface area contributed by atoms with Crippen molar-refractivity contribution in [2.45, 2.75) is 25.7 Å². The zero-order valence-corrected chi connectivity index (χ0v) is 13.8. The fourth-order valence-corrected chi connectivity index (χ4v) is 4.18. The first-order valence-corrected chi connectivity index (χ1v) is 8.68. The number of fused-ring (bicyclic) bond motifs is 5. The number of nitrogen functional groups attached to an aromatic ring is 1. The summed E-state index contributed by atoms with van der Waals surface area (Å²) in [6, 6.07) is 11.5. The van der Waals surface area contributed by atoms with Gasteiger partial charge in [0.2, 0.25) is 0 Å². The molecule has 124 valence electrons. The van der Waals surface area contributed by atoms with Crippen LogP contribution in [0.25, 0.3) is 32.8 Å². The number of anilines is 1. The van der Waals surface area contributed by atoms with E-state index in [0.29, 0.717) is 0 Å². The van der Waals surface area contributed by atoms with Crippen LogP contribution in [0.15, 0.2) is 42.6 Å². The van der Waals surface area contributed by atoms with Crippen LogP contribution in [0.3, 0.4) is 0 Å². The standard InChI is InChI=1S/C21H18FN3/c22-18-7-5-12(10-19(18)23)16-9-13-6-8-20-17(11-24-25-20)21(13)15-4-2-1-3-14(15)16/h5-11H,1-4,23H2,(H,24,25). The average molecular weight is 331 g/mol. The number of hydrogen-bond donors (Lipinski definition) is 2. The molecule has 0 fully saturated rings. The average Bonchev–Trinajstić information content (AvgIpc) is 3.12. The first kappa shape index (κ1) is 14.5. The second-order valence-corrected chi connectivity index (χ2v) is 6.82. The van der Waals surface area contributed by atoms with Gasteiger partial charge in [-0.25, -0.2) is 4.39 Å². The minimum Gasteiger partial charge on any atom is -0.396 e. The van der Waals surface area contributed by atoms with Crippen LogP contribution in [0, 0.1) is 5.82 Å². The van der Waals surface area contributed by atoms with Crippen LogP contribution < -0.4 is 5.73 Å². The second kappa shape index (κ2) is 5.31. The summed E-state index contributed by atoms with van der Waals surface area (Å²) >= 11 is 0. The van der Waals surface area contributed by atoms with E-state index in [1.807, 2.05) is 12.3 Å². The lowest BCUT2D eigenvalue weighted by molar-refractivity contribution is 0.632. The molecule has 4 heteroatoms. The largest absolute Gasteiger partial charge is 0.396 e. The lowest BCUT2D eigenvalue weighted by Crippen LogP contribution is -2.06. The number of aryl methyl sites for hydroxylation is 1. The third-order valence-electron chi connectivity index (χ3n) is 5.36. The molecule has 3 N–H and O–H groups in total. The predicted molar refractivity (Wildman–Crippen MR) is 100 cm³/mol. The molecule has 4 aromatic rings. The number of halogens is 1. The van der Waals surface area contributed by atoms with E-state index in [9.17, 15) is 4.39 Å². The highest BCUT2D eigenvalue weighted by molar-refractivity contribution is 6.09. The highest BCUT2D eigenvalue weighted by atomic mass is 19.1. The minimum atomic E-state index is -0.362. The van der Waals surface area contributed by atoms with Gasteiger partial charge in [-0.1, -0.05) is 12.1 Å². The van der Waals surface area contributed by atoms with Gasteiger partial charge in [0, 0.05) is 5.39 Å². The molecular weight excluding hydrogens is 313 g/mol. The van der Waals surface area contributed by atoms with Crippen molar-refractivity contribution < 1.29 is 4.39 Å². The Kier molecular flexibility index (Phi) is 3.07. The van der Waals surface area contributed by atoms with Crippen molar-refractivity contribution in [2.24, 2.45) is 0 Å². The smallest absolute Gasteiger partial charge is 0.146 e.